The number of hydrogen-bond acceptors (Lipinski definition) is 11. The Morgan fingerprint density at radius 1 is 1.22 bits per heavy atom. The molecule has 0 amide bonds. The molecule has 220 valence electrons. The van der Waals surface area contributed by atoms with Crippen molar-refractivity contribution in [2.24, 2.45) is 0 Å². The number of ether oxygens (including phenoxy) is 3. The third-order valence-electron chi connectivity index (χ3n) is 5.46. The predicted molar refractivity (Wildman–Crippen MR) is 131 cm³/mol. The average Bonchev–Trinajstić information content (AvgIpc) is 3.30. The molecule has 0 saturated carbocycles. The summed E-state index contributed by atoms with van der Waals surface area (Å²) in [7, 11) is 0. The number of nitrogens with two attached hydrogens (primary N) is 1. The van der Waals surface area contributed by atoms with E-state index >= 15 is 0 Å². The summed E-state index contributed by atoms with van der Waals surface area (Å²) in [5.74, 6) is -2.85. The Kier molecular flexibility index (Phi) is 9.57. The Hall–Kier alpha value is -4.21. The monoisotopic (exact) mass is 603 g/mol. The molecule has 3 aromatic rings. The number of rotatable bonds is 13. The second kappa shape index (κ2) is 12.5. The number of aliphatic hydroxyl groups excluding tert-OH is 2. The van der Waals surface area contributed by atoms with Gasteiger partial charge in [0.25, 0.3) is 5.60 Å². The van der Waals surface area contributed by atoms with Crippen LogP contribution in [-0.2, 0) is 25.5 Å². The lowest BCUT2D eigenvalue weighted by Gasteiger charge is -2.30. The van der Waals surface area contributed by atoms with Crippen LogP contribution < -0.4 is 10.5 Å². The fourth-order valence-corrected chi connectivity index (χ4v) is 3.77. The summed E-state index contributed by atoms with van der Waals surface area (Å²) in [4.78, 5) is 35.9. The first kappa shape index (κ1) is 31.3. The molecule has 0 saturated heterocycles. The minimum Gasteiger partial charge on any atom is -0.479 e. The summed E-state index contributed by atoms with van der Waals surface area (Å²) in [6, 6.07) is 3.97. The van der Waals surface area contributed by atoms with E-state index in [1.54, 1.807) is 0 Å². The van der Waals surface area contributed by atoms with Crippen molar-refractivity contribution in [1.29, 1.82) is 0 Å². The van der Waals surface area contributed by atoms with Crippen LogP contribution in [0.1, 0.15) is 11.8 Å². The van der Waals surface area contributed by atoms with Gasteiger partial charge in [-0.15, -0.1) is 19.6 Å². The van der Waals surface area contributed by atoms with Gasteiger partial charge in [0.2, 0.25) is 5.28 Å². The number of benzene rings is 1. The Morgan fingerprint density at radius 3 is 2.49 bits per heavy atom. The second-order valence-electron chi connectivity index (χ2n) is 8.26. The molecule has 0 spiro atoms. The summed E-state index contributed by atoms with van der Waals surface area (Å²) in [6.45, 7) is -1.81. The fraction of sp³-hybridized carbons (Fsp3) is 0.348. The molecule has 3 atom stereocenters. The van der Waals surface area contributed by atoms with Crippen molar-refractivity contribution in [2.45, 2.75) is 36.8 Å². The molecule has 0 unspecified atom stereocenters. The van der Waals surface area contributed by atoms with Gasteiger partial charge in [0.15, 0.2) is 23.8 Å². The molecule has 0 bridgehead atoms. The Balaban J connectivity index is 1.89. The molecule has 2 heterocycles. The Bertz CT molecular complexity index is 1450. The third kappa shape index (κ3) is 7.31. The molecule has 41 heavy (non-hydrogen) atoms. The van der Waals surface area contributed by atoms with E-state index in [0.717, 1.165) is 35.2 Å². The van der Waals surface area contributed by atoms with Gasteiger partial charge in [-0.05, 0) is 29.3 Å². The molecule has 3 rings (SSSR count). The number of anilines is 1. The lowest BCUT2D eigenvalue weighted by atomic mass is 9.94. The van der Waals surface area contributed by atoms with Gasteiger partial charge in [0.1, 0.15) is 17.4 Å². The lowest BCUT2D eigenvalue weighted by Crippen LogP contribution is -2.52. The standard InChI is InChI=1S/C23H21ClF3N5O9/c1-2-14(34)18(32-10-29-15-16(28)30-21(24)31-17(15)32)40-13(8-33)9-39-22(19(35)36,20(37)38)7-11-4-3-5-12(6-11)41-23(25,26)27/h1,3-6,10,13-14,18,33-34H,7-9H2,(H,35,36)(H,37,38)(H2,28,30,31)/t13-,14+,18+/m0/s1. The van der Waals surface area contributed by atoms with Crippen LogP contribution in [0.2, 0.25) is 5.28 Å². The lowest BCUT2D eigenvalue weighted by molar-refractivity contribution is -0.274. The SMILES string of the molecule is C#C[C@@H](O)[C@@H](O[C@@H](CO)COC(Cc1cccc(OC(F)(F)F)c1)(C(=O)O)C(=O)O)n1cnc2c(N)nc(Cl)nc21. The normalized spacial score (nSPS) is 14.3. The van der Waals surface area contributed by atoms with Gasteiger partial charge < -0.3 is 40.4 Å². The van der Waals surface area contributed by atoms with Gasteiger partial charge in [-0.2, -0.15) is 9.97 Å². The van der Waals surface area contributed by atoms with Gasteiger partial charge in [-0.3, -0.25) is 4.57 Å². The highest BCUT2D eigenvalue weighted by atomic mass is 35.5. The predicted octanol–water partition coefficient (Wildman–Crippen LogP) is 0.998. The van der Waals surface area contributed by atoms with Crippen LogP contribution in [0.15, 0.2) is 30.6 Å². The zero-order valence-corrected chi connectivity index (χ0v) is 21.3. The Labute approximate surface area is 233 Å². The number of carboxylic acid groups (broad SMARTS) is 2. The van der Waals surface area contributed by atoms with Crippen molar-refractivity contribution in [3.63, 3.8) is 0 Å². The van der Waals surface area contributed by atoms with Crippen LogP contribution >= 0.6 is 11.6 Å². The van der Waals surface area contributed by atoms with E-state index in [2.05, 4.69) is 19.7 Å². The van der Waals surface area contributed by atoms with E-state index < -0.39 is 67.7 Å². The van der Waals surface area contributed by atoms with Gasteiger partial charge in [-0.1, -0.05) is 18.1 Å². The number of imidazole rings is 1. The molecular formula is C23H21ClF3N5O9. The molecular weight excluding hydrogens is 583 g/mol. The first-order valence-electron chi connectivity index (χ1n) is 11.2. The number of terminal acetylenes is 1. The average molecular weight is 604 g/mol. The third-order valence-corrected chi connectivity index (χ3v) is 5.63. The zero-order valence-electron chi connectivity index (χ0n) is 20.5. The summed E-state index contributed by atoms with van der Waals surface area (Å²) >= 11 is 5.85. The number of aromatic nitrogens is 4. The van der Waals surface area contributed by atoms with E-state index in [0.29, 0.717) is 0 Å². The Morgan fingerprint density at radius 2 is 1.90 bits per heavy atom. The highest BCUT2D eigenvalue weighted by Crippen LogP contribution is 2.28. The topological polar surface area (TPSA) is 212 Å². The maximum Gasteiger partial charge on any atom is 0.573 e. The smallest absolute Gasteiger partial charge is 0.479 e. The van der Waals surface area contributed by atoms with Gasteiger partial charge in [0.05, 0.1) is 19.5 Å². The van der Waals surface area contributed by atoms with E-state index in [1.165, 1.54) is 0 Å². The number of halogens is 4. The van der Waals surface area contributed by atoms with Crippen LogP contribution in [0.3, 0.4) is 0 Å². The largest absolute Gasteiger partial charge is 0.573 e. The van der Waals surface area contributed by atoms with Crippen LogP contribution in [0.4, 0.5) is 19.0 Å². The van der Waals surface area contributed by atoms with E-state index in [4.69, 9.17) is 33.2 Å². The molecule has 2 aromatic heterocycles. The fourth-order valence-electron chi connectivity index (χ4n) is 3.60. The molecule has 0 fully saturated rings. The van der Waals surface area contributed by atoms with Crippen LogP contribution in [0.25, 0.3) is 11.2 Å². The summed E-state index contributed by atoms with van der Waals surface area (Å²) in [5, 5.41) is 39.6. The van der Waals surface area contributed by atoms with Gasteiger partial charge in [-0.25, -0.2) is 14.6 Å². The summed E-state index contributed by atoms with van der Waals surface area (Å²) in [5.41, 5.74) is 2.54. The van der Waals surface area contributed by atoms with Crippen LogP contribution in [0.5, 0.6) is 5.75 Å². The van der Waals surface area contributed by atoms with Crippen molar-refractivity contribution in [1.82, 2.24) is 19.5 Å². The molecule has 14 nitrogen and oxygen atoms in total. The van der Waals surface area contributed by atoms with E-state index in [1.807, 2.05) is 5.92 Å². The van der Waals surface area contributed by atoms with Gasteiger partial charge in [0, 0.05) is 6.42 Å². The quantitative estimate of drug-likeness (QED) is 0.105. The molecule has 0 aliphatic rings. The molecule has 18 heteroatoms. The van der Waals surface area contributed by atoms with Crippen molar-refractivity contribution < 1.29 is 57.4 Å². The van der Waals surface area contributed by atoms with Crippen molar-refractivity contribution in [3.8, 4) is 18.1 Å². The molecule has 6 N–H and O–H groups in total. The number of nitrogens with zero attached hydrogens (tertiary/aromatic N) is 4. The summed E-state index contributed by atoms with van der Waals surface area (Å²) in [6.07, 6.45) is -4.37. The van der Waals surface area contributed by atoms with Crippen LogP contribution in [-0.4, -0.2) is 89.3 Å². The number of nitrogen functional groups attached to an aromatic ring is 1. The van der Waals surface area contributed by atoms with E-state index in [9.17, 15) is 43.2 Å². The summed E-state index contributed by atoms with van der Waals surface area (Å²) < 4.78 is 53.6. The van der Waals surface area contributed by atoms with Crippen molar-refractivity contribution >= 4 is 40.5 Å². The number of hydrogen-bond donors (Lipinski definition) is 5. The highest BCUT2D eigenvalue weighted by Gasteiger charge is 2.49. The number of aliphatic hydroxyl groups is 2. The van der Waals surface area contributed by atoms with Crippen molar-refractivity contribution in [3.05, 3.63) is 41.4 Å². The van der Waals surface area contributed by atoms with Gasteiger partial charge >= 0.3 is 18.3 Å². The minimum absolute atomic E-state index is 0.0363. The zero-order chi connectivity index (χ0) is 30.5. The number of aliphatic carboxylic acids is 2. The maximum atomic E-state index is 12.6. The number of carboxylic acids is 2. The molecule has 0 aliphatic heterocycles. The van der Waals surface area contributed by atoms with Crippen molar-refractivity contribution in [2.75, 3.05) is 18.9 Å². The first-order valence-corrected chi connectivity index (χ1v) is 11.6. The molecule has 0 aliphatic carbocycles. The second-order valence-corrected chi connectivity index (χ2v) is 8.60. The maximum absolute atomic E-state index is 12.6. The molecule has 1 aromatic carbocycles. The highest BCUT2D eigenvalue weighted by molar-refractivity contribution is 6.28. The minimum atomic E-state index is -5.05. The number of alkyl halides is 3. The molecule has 0 radical (unpaired) electrons. The van der Waals surface area contributed by atoms with E-state index in [-0.39, 0.29) is 27.8 Å². The number of fused-ring (bicyclic) bond motifs is 1. The van der Waals surface area contributed by atoms with Crippen LogP contribution in [0, 0.1) is 12.3 Å². The number of carbonyl (C=O) groups is 2. The first-order chi connectivity index (χ1) is 19.2.